The number of carbonyl (C=O) groups excluding carboxylic acids is 2. The largest absolute Gasteiger partial charge is 0.339 e. The van der Waals surface area contributed by atoms with Crippen molar-refractivity contribution in [2.75, 3.05) is 26.2 Å². The van der Waals surface area contributed by atoms with E-state index in [0.717, 1.165) is 41.3 Å². The van der Waals surface area contributed by atoms with Crippen molar-refractivity contribution in [1.29, 1.82) is 0 Å². The van der Waals surface area contributed by atoms with Crippen molar-refractivity contribution in [2.24, 2.45) is 12.5 Å². The highest BCUT2D eigenvalue weighted by Crippen LogP contribution is 2.42. The highest BCUT2D eigenvalue weighted by atomic mass is 16.2. The number of nitrogens with zero attached hydrogens (tertiary/aromatic N) is 4. The summed E-state index contributed by atoms with van der Waals surface area (Å²) in [6, 6.07) is 14.1. The standard InChI is InChI=1S/C25H28N4O2/c1-25(10-3-11-25)24(31)29-14-12-28(13-15-29)23(30)19-6-4-18(5-7-19)20-8-9-21-17-26-27(2)22(21)16-20/h4-9,16-17H,3,10-15H2,1-2H3. The summed E-state index contributed by atoms with van der Waals surface area (Å²) in [5.74, 6) is 0.302. The van der Waals surface area contributed by atoms with Crippen LogP contribution in [0.25, 0.3) is 22.0 Å². The molecule has 0 spiro atoms. The van der Waals surface area contributed by atoms with Crippen molar-refractivity contribution < 1.29 is 9.59 Å². The molecule has 2 fully saturated rings. The second-order valence-electron chi connectivity index (χ2n) is 9.12. The fraction of sp³-hybridized carbons (Fsp3) is 0.400. The molecule has 1 aromatic heterocycles. The summed E-state index contributed by atoms with van der Waals surface area (Å²) in [6.07, 6.45) is 4.99. The Bertz CT molecular complexity index is 1140. The van der Waals surface area contributed by atoms with E-state index in [-0.39, 0.29) is 17.2 Å². The number of rotatable bonds is 3. The van der Waals surface area contributed by atoms with Crippen LogP contribution in [0.5, 0.6) is 0 Å². The molecule has 1 aliphatic carbocycles. The molecule has 0 N–H and O–H groups in total. The quantitative estimate of drug-likeness (QED) is 0.654. The lowest BCUT2D eigenvalue weighted by Gasteiger charge is -2.43. The minimum absolute atomic E-state index is 0.0376. The van der Waals surface area contributed by atoms with Gasteiger partial charge >= 0.3 is 0 Å². The van der Waals surface area contributed by atoms with Crippen molar-refractivity contribution in [3.8, 4) is 11.1 Å². The van der Waals surface area contributed by atoms with Crippen LogP contribution in [0.4, 0.5) is 0 Å². The normalized spacial score (nSPS) is 18.1. The lowest BCUT2D eigenvalue weighted by Crippen LogP contribution is -2.55. The van der Waals surface area contributed by atoms with Gasteiger partial charge < -0.3 is 9.80 Å². The van der Waals surface area contributed by atoms with Crippen LogP contribution in [0, 0.1) is 5.41 Å². The predicted molar refractivity (Wildman–Crippen MR) is 121 cm³/mol. The number of hydrogen-bond donors (Lipinski definition) is 0. The van der Waals surface area contributed by atoms with Crippen LogP contribution in [-0.4, -0.2) is 57.6 Å². The first-order valence-corrected chi connectivity index (χ1v) is 11.1. The van der Waals surface area contributed by atoms with Gasteiger partial charge in [-0.2, -0.15) is 5.10 Å². The highest BCUT2D eigenvalue weighted by molar-refractivity contribution is 5.95. The van der Waals surface area contributed by atoms with Crippen molar-refractivity contribution in [1.82, 2.24) is 19.6 Å². The summed E-state index contributed by atoms with van der Waals surface area (Å²) >= 11 is 0. The van der Waals surface area contributed by atoms with E-state index in [4.69, 9.17) is 0 Å². The summed E-state index contributed by atoms with van der Waals surface area (Å²) in [4.78, 5) is 29.5. The Morgan fingerprint density at radius 2 is 1.55 bits per heavy atom. The second kappa shape index (κ2) is 7.52. The zero-order valence-electron chi connectivity index (χ0n) is 18.2. The van der Waals surface area contributed by atoms with Crippen LogP contribution in [0.1, 0.15) is 36.5 Å². The van der Waals surface area contributed by atoms with Crippen LogP contribution in [0.2, 0.25) is 0 Å². The first kappa shape index (κ1) is 19.8. The van der Waals surface area contributed by atoms with Gasteiger partial charge in [0.05, 0.1) is 11.7 Å². The van der Waals surface area contributed by atoms with Crippen LogP contribution in [0.3, 0.4) is 0 Å². The summed E-state index contributed by atoms with van der Waals surface area (Å²) in [6.45, 7) is 4.52. The van der Waals surface area contributed by atoms with Crippen molar-refractivity contribution >= 4 is 22.7 Å². The molecule has 160 valence electrons. The third kappa shape index (κ3) is 3.50. The van der Waals surface area contributed by atoms with Gasteiger partial charge in [0.15, 0.2) is 0 Å². The summed E-state index contributed by atoms with van der Waals surface area (Å²) in [7, 11) is 1.94. The van der Waals surface area contributed by atoms with Gasteiger partial charge in [0.1, 0.15) is 0 Å². The Hall–Kier alpha value is -3.15. The molecular weight excluding hydrogens is 388 g/mol. The Labute approximate surface area is 182 Å². The number of piperazine rings is 1. The van der Waals surface area contributed by atoms with E-state index in [1.807, 2.05) is 52.0 Å². The monoisotopic (exact) mass is 416 g/mol. The SMILES string of the molecule is Cn1ncc2ccc(-c3ccc(C(=O)N4CCN(C(=O)C5(C)CCC5)CC4)cc3)cc21. The summed E-state index contributed by atoms with van der Waals surface area (Å²) in [5, 5.41) is 5.41. The van der Waals surface area contributed by atoms with Gasteiger partial charge in [0, 0.05) is 49.6 Å². The predicted octanol–water partition coefficient (Wildman–Crippen LogP) is 3.71. The first-order chi connectivity index (χ1) is 14.9. The average molecular weight is 417 g/mol. The van der Waals surface area contributed by atoms with Gasteiger partial charge in [-0.1, -0.05) is 37.6 Å². The van der Waals surface area contributed by atoms with Gasteiger partial charge in [-0.3, -0.25) is 14.3 Å². The molecule has 0 radical (unpaired) electrons. The van der Waals surface area contributed by atoms with Crippen LogP contribution < -0.4 is 0 Å². The summed E-state index contributed by atoms with van der Waals surface area (Å²) in [5.41, 5.74) is 3.79. The molecule has 6 heteroatoms. The van der Waals surface area contributed by atoms with Crippen molar-refractivity contribution in [3.63, 3.8) is 0 Å². The molecule has 2 aliphatic rings. The highest BCUT2D eigenvalue weighted by Gasteiger charge is 2.42. The second-order valence-corrected chi connectivity index (χ2v) is 9.12. The van der Waals surface area contributed by atoms with Crippen LogP contribution in [-0.2, 0) is 11.8 Å². The molecular formula is C25H28N4O2. The Balaban J connectivity index is 1.25. The fourth-order valence-electron chi connectivity index (χ4n) is 4.73. The van der Waals surface area contributed by atoms with E-state index in [9.17, 15) is 9.59 Å². The van der Waals surface area contributed by atoms with E-state index in [1.165, 1.54) is 0 Å². The molecule has 2 heterocycles. The smallest absolute Gasteiger partial charge is 0.253 e. The molecule has 1 aliphatic heterocycles. The molecule has 2 amide bonds. The maximum Gasteiger partial charge on any atom is 0.253 e. The molecule has 6 nitrogen and oxygen atoms in total. The van der Waals surface area contributed by atoms with E-state index in [1.54, 1.807) is 0 Å². The van der Waals surface area contributed by atoms with Crippen LogP contribution in [0.15, 0.2) is 48.7 Å². The minimum atomic E-state index is -0.166. The van der Waals surface area contributed by atoms with Crippen molar-refractivity contribution in [2.45, 2.75) is 26.2 Å². The number of hydrogen-bond acceptors (Lipinski definition) is 3. The van der Waals surface area contributed by atoms with Gasteiger partial charge in [-0.05, 0) is 42.2 Å². The minimum Gasteiger partial charge on any atom is -0.339 e. The molecule has 0 atom stereocenters. The Morgan fingerprint density at radius 1 is 0.903 bits per heavy atom. The third-order valence-electron chi connectivity index (χ3n) is 7.04. The van der Waals surface area contributed by atoms with E-state index in [0.29, 0.717) is 31.7 Å². The number of amides is 2. The Morgan fingerprint density at radius 3 is 2.19 bits per heavy atom. The fourth-order valence-corrected chi connectivity index (χ4v) is 4.73. The van der Waals surface area contributed by atoms with Crippen LogP contribution >= 0.6 is 0 Å². The number of benzene rings is 2. The van der Waals surface area contributed by atoms with Crippen molar-refractivity contribution in [3.05, 3.63) is 54.2 Å². The van der Waals surface area contributed by atoms with Gasteiger partial charge in [0.2, 0.25) is 5.91 Å². The van der Waals surface area contributed by atoms with E-state index in [2.05, 4.69) is 30.2 Å². The zero-order valence-corrected chi connectivity index (χ0v) is 18.2. The van der Waals surface area contributed by atoms with Gasteiger partial charge in [-0.25, -0.2) is 0 Å². The third-order valence-corrected chi connectivity index (χ3v) is 7.04. The molecule has 2 aromatic carbocycles. The molecule has 31 heavy (non-hydrogen) atoms. The summed E-state index contributed by atoms with van der Waals surface area (Å²) < 4.78 is 1.87. The number of aryl methyl sites for hydroxylation is 1. The number of carbonyl (C=O) groups is 2. The van der Waals surface area contributed by atoms with E-state index < -0.39 is 0 Å². The first-order valence-electron chi connectivity index (χ1n) is 11.1. The molecule has 3 aromatic rings. The van der Waals surface area contributed by atoms with Gasteiger partial charge in [0.25, 0.3) is 5.91 Å². The lowest BCUT2D eigenvalue weighted by atomic mass is 9.69. The molecule has 1 saturated heterocycles. The lowest BCUT2D eigenvalue weighted by molar-refractivity contribution is -0.147. The van der Waals surface area contributed by atoms with E-state index >= 15 is 0 Å². The molecule has 5 rings (SSSR count). The topological polar surface area (TPSA) is 58.4 Å². The number of aromatic nitrogens is 2. The number of fused-ring (bicyclic) bond motifs is 1. The molecule has 0 unspecified atom stereocenters. The Kier molecular flexibility index (Phi) is 4.80. The molecule has 0 bridgehead atoms. The average Bonchev–Trinajstić information content (AvgIpc) is 3.17. The maximum absolute atomic E-state index is 13.0. The molecule has 1 saturated carbocycles. The zero-order chi connectivity index (χ0) is 21.6. The van der Waals surface area contributed by atoms with Gasteiger partial charge in [-0.15, -0.1) is 0 Å². The maximum atomic E-state index is 13.0.